The predicted molar refractivity (Wildman–Crippen MR) is 93.8 cm³/mol. The molecule has 0 aliphatic carbocycles. The van der Waals surface area contributed by atoms with Gasteiger partial charge in [0.15, 0.2) is 11.6 Å². The minimum atomic E-state index is -0.121. The molecule has 0 unspecified atom stereocenters. The summed E-state index contributed by atoms with van der Waals surface area (Å²) in [6.45, 7) is 0.425. The van der Waals surface area contributed by atoms with Gasteiger partial charge in [0.05, 0.1) is 6.42 Å². The standard InChI is InChI=1S/C20H18N2O2/c23-19(14-16-8-3-1-4-9-16)22-20-18(12-7-13-21-20)24-15-17-10-5-2-6-11-17/h1-13H,14-15H2,(H,21,22,23). The molecule has 120 valence electrons. The van der Waals surface area contributed by atoms with Gasteiger partial charge in [0.25, 0.3) is 0 Å². The second-order valence-corrected chi connectivity index (χ2v) is 5.33. The average molecular weight is 318 g/mol. The van der Waals surface area contributed by atoms with Crippen LogP contribution in [0.4, 0.5) is 5.82 Å². The normalized spacial score (nSPS) is 10.2. The van der Waals surface area contributed by atoms with Crippen molar-refractivity contribution in [2.24, 2.45) is 0 Å². The summed E-state index contributed by atoms with van der Waals surface area (Å²) in [6.07, 6.45) is 1.93. The first kappa shape index (κ1) is 15.7. The maximum absolute atomic E-state index is 12.2. The molecule has 2 aromatic carbocycles. The molecule has 0 fully saturated rings. The number of carbonyl (C=O) groups is 1. The highest BCUT2D eigenvalue weighted by Crippen LogP contribution is 2.22. The molecular formula is C20H18N2O2. The number of pyridine rings is 1. The molecule has 0 atom stereocenters. The predicted octanol–water partition coefficient (Wildman–Crippen LogP) is 3.84. The molecule has 24 heavy (non-hydrogen) atoms. The van der Waals surface area contributed by atoms with Gasteiger partial charge in [-0.25, -0.2) is 4.98 Å². The lowest BCUT2D eigenvalue weighted by Crippen LogP contribution is -2.16. The Kier molecular flexibility index (Phi) is 5.20. The Morgan fingerprint density at radius 2 is 1.54 bits per heavy atom. The van der Waals surface area contributed by atoms with E-state index in [9.17, 15) is 4.79 Å². The van der Waals surface area contributed by atoms with Crippen molar-refractivity contribution in [2.45, 2.75) is 13.0 Å². The van der Waals surface area contributed by atoms with Crippen LogP contribution in [0.25, 0.3) is 0 Å². The van der Waals surface area contributed by atoms with Gasteiger partial charge in [-0.05, 0) is 23.3 Å². The average Bonchev–Trinajstić information content (AvgIpc) is 2.63. The molecule has 1 N–H and O–H groups in total. The smallest absolute Gasteiger partial charge is 0.230 e. The molecule has 0 saturated carbocycles. The van der Waals surface area contributed by atoms with E-state index in [1.165, 1.54) is 0 Å². The summed E-state index contributed by atoms with van der Waals surface area (Å²) in [5, 5.41) is 2.82. The summed E-state index contributed by atoms with van der Waals surface area (Å²) in [7, 11) is 0. The molecule has 4 heteroatoms. The van der Waals surface area contributed by atoms with E-state index in [4.69, 9.17) is 4.74 Å². The van der Waals surface area contributed by atoms with Crippen LogP contribution in [-0.4, -0.2) is 10.9 Å². The molecule has 0 radical (unpaired) electrons. The Bertz CT molecular complexity index is 789. The molecule has 1 amide bonds. The first-order chi connectivity index (χ1) is 11.8. The number of anilines is 1. The van der Waals surface area contributed by atoms with Gasteiger partial charge in [-0.1, -0.05) is 60.7 Å². The first-order valence-electron chi connectivity index (χ1n) is 7.77. The number of nitrogens with one attached hydrogen (secondary N) is 1. The second kappa shape index (κ2) is 7.92. The van der Waals surface area contributed by atoms with Gasteiger partial charge >= 0.3 is 0 Å². The van der Waals surface area contributed by atoms with E-state index in [1.807, 2.05) is 60.7 Å². The lowest BCUT2D eigenvalue weighted by molar-refractivity contribution is -0.115. The monoisotopic (exact) mass is 318 g/mol. The molecule has 0 aliphatic heterocycles. The lowest BCUT2D eigenvalue weighted by Gasteiger charge is -2.11. The van der Waals surface area contributed by atoms with Crippen LogP contribution in [0.2, 0.25) is 0 Å². The van der Waals surface area contributed by atoms with Gasteiger partial charge in [0, 0.05) is 6.20 Å². The summed E-state index contributed by atoms with van der Waals surface area (Å²) in [5.74, 6) is 0.876. The maximum atomic E-state index is 12.2. The van der Waals surface area contributed by atoms with Gasteiger partial charge in [0.2, 0.25) is 5.91 Å². The molecule has 1 aromatic heterocycles. The van der Waals surface area contributed by atoms with Gasteiger partial charge in [-0.3, -0.25) is 4.79 Å². The van der Waals surface area contributed by atoms with Gasteiger partial charge < -0.3 is 10.1 Å². The molecular weight excluding hydrogens is 300 g/mol. The number of hydrogen-bond donors (Lipinski definition) is 1. The second-order valence-electron chi connectivity index (χ2n) is 5.33. The quantitative estimate of drug-likeness (QED) is 0.751. The third kappa shape index (κ3) is 4.43. The highest BCUT2D eigenvalue weighted by atomic mass is 16.5. The van der Waals surface area contributed by atoms with Crippen LogP contribution in [-0.2, 0) is 17.8 Å². The molecule has 0 bridgehead atoms. The molecule has 1 heterocycles. The van der Waals surface area contributed by atoms with E-state index in [1.54, 1.807) is 18.3 Å². The summed E-state index contributed by atoms with van der Waals surface area (Å²) in [4.78, 5) is 16.4. The fourth-order valence-corrected chi connectivity index (χ4v) is 2.29. The van der Waals surface area contributed by atoms with Crippen molar-refractivity contribution in [1.82, 2.24) is 4.98 Å². The number of amides is 1. The molecule has 4 nitrogen and oxygen atoms in total. The number of carbonyl (C=O) groups excluding carboxylic acids is 1. The number of aromatic nitrogens is 1. The molecule has 3 rings (SSSR count). The van der Waals surface area contributed by atoms with Crippen molar-refractivity contribution in [3.63, 3.8) is 0 Å². The van der Waals surface area contributed by atoms with Crippen molar-refractivity contribution >= 4 is 11.7 Å². The van der Waals surface area contributed by atoms with Crippen LogP contribution in [0, 0.1) is 0 Å². The van der Waals surface area contributed by atoms with Crippen molar-refractivity contribution in [2.75, 3.05) is 5.32 Å². The summed E-state index contributed by atoms with van der Waals surface area (Å²) in [5.41, 5.74) is 2.01. The number of rotatable bonds is 6. The van der Waals surface area contributed by atoms with Crippen LogP contribution in [0.15, 0.2) is 79.0 Å². The zero-order valence-electron chi connectivity index (χ0n) is 13.2. The summed E-state index contributed by atoms with van der Waals surface area (Å²) in [6, 6.07) is 23.0. The van der Waals surface area contributed by atoms with E-state index < -0.39 is 0 Å². The van der Waals surface area contributed by atoms with Gasteiger partial charge in [-0.2, -0.15) is 0 Å². The number of benzene rings is 2. The minimum Gasteiger partial charge on any atom is -0.485 e. The van der Waals surface area contributed by atoms with Crippen molar-refractivity contribution < 1.29 is 9.53 Å². The number of nitrogens with zero attached hydrogens (tertiary/aromatic N) is 1. The first-order valence-corrected chi connectivity index (χ1v) is 7.77. The van der Waals surface area contributed by atoms with Crippen LogP contribution >= 0.6 is 0 Å². The van der Waals surface area contributed by atoms with Crippen LogP contribution < -0.4 is 10.1 Å². The van der Waals surface area contributed by atoms with Crippen LogP contribution in [0.1, 0.15) is 11.1 Å². The highest BCUT2D eigenvalue weighted by Gasteiger charge is 2.10. The topological polar surface area (TPSA) is 51.2 Å². The SMILES string of the molecule is O=C(Cc1ccccc1)Nc1ncccc1OCc1ccccc1. The lowest BCUT2D eigenvalue weighted by atomic mass is 10.1. The van der Waals surface area contributed by atoms with Crippen molar-refractivity contribution in [3.05, 3.63) is 90.1 Å². The zero-order valence-corrected chi connectivity index (χ0v) is 13.2. The van der Waals surface area contributed by atoms with E-state index in [0.29, 0.717) is 24.6 Å². The third-order valence-corrected chi connectivity index (χ3v) is 3.47. The van der Waals surface area contributed by atoms with Crippen LogP contribution in [0.5, 0.6) is 5.75 Å². The van der Waals surface area contributed by atoms with Crippen molar-refractivity contribution in [3.8, 4) is 5.75 Å². The summed E-state index contributed by atoms with van der Waals surface area (Å²) < 4.78 is 5.80. The molecule has 0 aliphatic rings. The zero-order chi connectivity index (χ0) is 16.6. The van der Waals surface area contributed by atoms with Crippen LogP contribution in [0.3, 0.4) is 0 Å². The molecule has 0 saturated heterocycles. The van der Waals surface area contributed by atoms with E-state index in [0.717, 1.165) is 11.1 Å². The van der Waals surface area contributed by atoms with Gasteiger partial charge in [0.1, 0.15) is 6.61 Å². The molecule has 0 spiro atoms. The fraction of sp³-hybridized carbons (Fsp3) is 0.100. The van der Waals surface area contributed by atoms with Gasteiger partial charge in [-0.15, -0.1) is 0 Å². The Morgan fingerprint density at radius 3 is 2.25 bits per heavy atom. The minimum absolute atomic E-state index is 0.121. The van der Waals surface area contributed by atoms with E-state index in [-0.39, 0.29) is 5.91 Å². The third-order valence-electron chi connectivity index (χ3n) is 3.47. The fourth-order valence-electron chi connectivity index (χ4n) is 2.29. The number of hydrogen-bond acceptors (Lipinski definition) is 3. The Hall–Kier alpha value is -3.14. The molecule has 3 aromatic rings. The summed E-state index contributed by atoms with van der Waals surface area (Å²) >= 11 is 0. The number of ether oxygens (including phenoxy) is 1. The Balaban J connectivity index is 1.64. The van der Waals surface area contributed by atoms with E-state index >= 15 is 0 Å². The van der Waals surface area contributed by atoms with E-state index in [2.05, 4.69) is 10.3 Å². The van der Waals surface area contributed by atoms with Crippen molar-refractivity contribution in [1.29, 1.82) is 0 Å². The Morgan fingerprint density at radius 1 is 0.875 bits per heavy atom. The highest BCUT2D eigenvalue weighted by molar-refractivity contribution is 5.92. The Labute approximate surface area is 141 Å². The largest absolute Gasteiger partial charge is 0.485 e. The maximum Gasteiger partial charge on any atom is 0.230 e.